The molecule has 2 heteroatoms. The van der Waals surface area contributed by atoms with Crippen molar-refractivity contribution in [2.75, 3.05) is 0 Å². The summed E-state index contributed by atoms with van der Waals surface area (Å²) in [7, 11) is 0. The van der Waals surface area contributed by atoms with Gasteiger partial charge in [-0.2, -0.15) is 0 Å². The van der Waals surface area contributed by atoms with Crippen molar-refractivity contribution >= 4 is 11.3 Å². The maximum atomic E-state index is 5.48. The molecule has 0 unspecified atom stereocenters. The molecule has 0 aliphatic heterocycles. The van der Waals surface area contributed by atoms with Crippen LogP contribution in [0.15, 0.2) is 11.4 Å². The Hall–Kier alpha value is -0.340. The molecule has 1 rings (SSSR count). The maximum Gasteiger partial charge on any atom is 0.0276 e. The standard InChI is InChI=1S/C7H11NS/c1-2-6-3-4-9-7(6)5-8/h3-4H,2,5,8H2,1H3. The minimum absolute atomic E-state index is 0.695. The summed E-state index contributed by atoms with van der Waals surface area (Å²) in [5.74, 6) is 0. The van der Waals surface area contributed by atoms with Crippen molar-refractivity contribution < 1.29 is 0 Å². The van der Waals surface area contributed by atoms with Crippen molar-refractivity contribution in [1.82, 2.24) is 0 Å². The zero-order chi connectivity index (χ0) is 6.69. The highest BCUT2D eigenvalue weighted by Gasteiger charge is 1.97. The molecule has 1 aromatic heterocycles. The third-order valence-corrected chi connectivity index (χ3v) is 2.39. The molecule has 0 saturated carbocycles. The van der Waals surface area contributed by atoms with E-state index in [2.05, 4.69) is 18.4 Å². The Bertz CT molecular complexity index is 162. The molecule has 0 bridgehead atoms. The van der Waals surface area contributed by atoms with Gasteiger partial charge in [-0.3, -0.25) is 0 Å². The lowest BCUT2D eigenvalue weighted by Gasteiger charge is -1.93. The summed E-state index contributed by atoms with van der Waals surface area (Å²) < 4.78 is 0. The second kappa shape index (κ2) is 2.99. The van der Waals surface area contributed by atoms with Gasteiger partial charge in [0.1, 0.15) is 0 Å². The molecule has 1 aromatic rings. The average molecular weight is 141 g/mol. The van der Waals surface area contributed by atoms with E-state index < -0.39 is 0 Å². The summed E-state index contributed by atoms with van der Waals surface area (Å²) in [5.41, 5.74) is 6.89. The highest BCUT2D eigenvalue weighted by molar-refractivity contribution is 7.10. The highest BCUT2D eigenvalue weighted by atomic mass is 32.1. The molecule has 0 spiro atoms. The van der Waals surface area contributed by atoms with Crippen LogP contribution in [0.2, 0.25) is 0 Å². The third-order valence-electron chi connectivity index (χ3n) is 1.40. The van der Waals surface area contributed by atoms with E-state index in [9.17, 15) is 0 Å². The normalized spacial score (nSPS) is 10.0. The third kappa shape index (κ3) is 1.32. The van der Waals surface area contributed by atoms with Gasteiger partial charge in [0, 0.05) is 11.4 Å². The molecule has 0 atom stereocenters. The van der Waals surface area contributed by atoms with Crippen molar-refractivity contribution in [2.45, 2.75) is 19.9 Å². The number of thiophene rings is 1. The summed E-state index contributed by atoms with van der Waals surface area (Å²) in [4.78, 5) is 1.33. The fourth-order valence-corrected chi connectivity index (χ4v) is 1.72. The van der Waals surface area contributed by atoms with E-state index in [4.69, 9.17) is 5.73 Å². The molecule has 0 aliphatic rings. The minimum Gasteiger partial charge on any atom is -0.326 e. The molecule has 0 radical (unpaired) electrons. The second-order valence-electron chi connectivity index (χ2n) is 1.93. The van der Waals surface area contributed by atoms with Crippen LogP contribution >= 0.6 is 11.3 Å². The second-order valence-corrected chi connectivity index (χ2v) is 2.93. The molecule has 1 heterocycles. The number of hydrogen-bond acceptors (Lipinski definition) is 2. The lowest BCUT2D eigenvalue weighted by molar-refractivity contribution is 1.04. The molecule has 50 valence electrons. The Kier molecular flexibility index (Phi) is 2.25. The first-order valence-corrected chi connectivity index (χ1v) is 4.01. The van der Waals surface area contributed by atoms with Crippen molar-refractivity contribution in [3.63, 3.8) is 0 Å². The van der Waals surface area contributed by atoms with Crippen LogP contribution in [0.3, 0.4) is 0 Å². The smallest absolute Gasteiger partial charge is 0.0276 e. The predicted molar refractivity (Wildman–Crippen MR) is 41.6 cm³/mol. The Labute approximate surface area is 59.5 Å². The molecular formula is C7H11NS. The molecule has 0 amide bonds. The number of aryl methyl sites for hydroxylation is 1. The van der Waals surface area contributed by atoms with Crippen LogP contribution in [0.25, 0.3) is 0 Å². The van der Waals surface area contributed by atoms with Gasteiger partial charge in [-0.25, -0.2) is 0 Å². The van der Waals surface area contributed by atoms with E-state index in [1.54, 1.807) is 11.3 Å². The van der Waals surface area contributed by atoms with Gasteiger partial charge < -0.3 is 5.73 Å². The van der Waals surface area contributed by atoms with Crippen LogP contribution < -0.4 is 5.73 Å². The van der Waals surface area contributed by atoms with Crippen molar-refractivity contribution in [2.24, 2.45) is 5.73 Å². The topological polar surface area (TPSA) is 26.0 Å². The zero-order valence-corrected chi connectivity index (χ0v) is 6.37. The molecular weight excluding hydrogens is 130 g/mol. The minimum atomic E-state index is 0.695. The first-order chi connectivity index (χ1) is 4.38. The Morgan fingerprint density at radius 3 is 2.89 bits per heavy atom. The molecule has 0 fully saturated rings. The number of nitrogens with two attached hydrogens (primary N) is 1. The lowest BCUT2D eigenvalue weighted by Crippen LogP contribution is -1.95. The van der Waals surface area contributed by atoms with Gasteiger partial charge in [-0.15, -0.1) is 11.3 Å². The average Bonchev–Trinajstić information content (AvgIpc) is 2.33. The molecule has 1 nitrogen and oxygen atoms in total. The van der Waals surface area contributed by atoms with Crippen LogP contribution in [0.5, 0.6) is 0 Å². The summed E-state index contributed by atoms with van der Waals surface area (Å²) in [5, 5.41) is 2.10. The highest BCUT2D eigenvalue weighted by Crippen LogP contribution is 2.15. The van der Waals surface area contributed by atoms with Crippen molar-refractivity contribution in [1.29, 1.82) is 0 Å². The van der Waals surface area contributed by atoms with Crippen LogP contribution in [-0.4, -0.2) is 0 Å². The van der Waals surface area contributed by atoms with Gasteiger partial charge in [0.25, 0.3) is 0 Å². The molecule has 0 aliphatic carbocycles. The maximum absolute atomic E-state index is 5.48. The van der Waals surface area contributed by atoms with Crippen LogP contribution in [-0.2, 0) is 13.0 Å². The van der Waals surface area contributed by atoms with E-state index in [-0.39, 0.29) is 0 Å². The molecule has 2 N–H and O–H groups in total. The SMILES string of the molecule is CCc1ccsc1CN. The van der Waals surface area contributed by atoms with E-state index in [0.717, 1.165) is 6.42 Å². The molecule has 9 heavy (non-hydrogen) atoms. The summed E-state index contributed by atoms with van der Waals surface area (Å²) in [6.07, 6.45) is 1.11. The van der Waals surface area contributed by atoms with Crippen LogP contribution in [0.4, 0.5) is 0 Å². The first-order valence-electron chi connectivity index (χ1n) is 3.13. The van der Waals surface area contributed by atoms with Gasteiger partial charge in [0.05, 0.1) is 0 Å². The van der Waals surface area contributed by atoms with Gasteiger partial charge in [0.2, 0.25) is 0 Å². The monoisotopic (exact) mass is 141 g/mol. The Morgan fingerprint density at radius 1 is 1.67 bits per heavy atom. The molecule has 0 saturated heterocycles. The Morgan fingerprint density at radius 2 is 2.44 bits per heavy atom. The fraction of sp³-hybridized carbons (Fsp3) is 0.429. The lowest BCUT2D eigenvalue weighted by atomic mass is 10.2. The first kappa shape index (κ1) is 6.78. The quantitative estimate of drug-likeness (QED) is 0.667. The van der Waals surface area contributed by atoms with Crippen LogP contribution in [0, 0.1) is 0 Å². The van der Waals surface area contributed by atoms with Crippen LogP contribution in [0.1, 0.15) is 17.4 Å². The van der Waals surface area contributed by atoms with E-state index in [1.165, 1.54) is 10.4 Å². The Balaban J connectivity index is 2.85. The molecule has 0 aromatic carbocycles. The van der Waals surface area contributed by atoms with Gasteiger partial charge in [-0.05, 0) is 23.4 Å². The van der Waals surface area contributed by atoms with Gasteiger partial charge >= 0.3 is 0 Å². The largest absolute Gasteiger partial charge is 0.326 e. The number of hydrogen-bond donors (Lipinski definition) is 1. The fourth-order valence-electron chi connectivity index (χ4n) is 0.861. The van der Waals surface area contributed by atoms with E-state index in [1.807, 2.05) is 0 Å². The van der Waals surface area contributed by atoms with Crippen molar-refractivity contribution in [3.8, 4) is 0 Å². The van der Waals surface area contributed by atoms with Crippen molar-refractivity contribution in [3.05, 3.63) is 21.9 Å². The summed E-state index contributed by atoms with van der Waals surface area (Å²) >= 11 is 1.75. The van der Waals surface area contributed by atoms with E-state index >= 15 is 0 Å². The predicted octanol–water partition coefficient (Wildman–Crippen LogP) is 1.77. The van der Waals surface area contributed by atoms with Gasteiger partial charge in [0.15, 0.2) is 0 Å². The summed E-state index contributed by atoms with van der Waals surface area (Å²) in [6, 6.07) is 2.15. The van der Waals surface area contributed by atoms with Gasteiger partial charge in [-0.1, -0.05) is 6.92 Å². The summed E-state index contributed by atoms with van der Waals surface area (Å²) in [6.45, 7) is 2.85. The number of rotatable bonds is 2. The van der Waals surface area contributed by atoms with E-state index in [0.29, 0.717) is 6.54 Å². The zero-order valence-electron chi connectivity index (χ0n) is 5.55.